The smallest absolute Gasteiger partial charge is 0.159 e. The highest BCUT2D eigenvalue weighted by Gasteiger charge is 2.18. The molecule has 6 rings (SSSR count). The molecule has 0 amide bonds. The van der Waals surface area contributed by atoms with Crippen molar-refractivity contribution in [1.29, 1.82) is 0 Å². The van der Waals surface area contributed by atoms with Crippen LogP contribution in [0.25, 0.3) is 56.0 Å². The van der Waals surface area contributed by atoms with Gasteiger partial charge < -0.3 is 4.98 Å². The van der Waals surface area contributed by atoms with E-state index in [1.165, 1.54) is 6.07 Å². The Hall–Kier alpha value is -4.40. The number of nitrogens with one attached hydrogen (secondary N) is 3. The Labute approximate surface area is 168 Å². The van der Waals surface area contributed by atoms with E-state index in [0.717, 1.165) is 27.7 Å². The summed E-state index contributed by atoms with van der Waals surface area (Å²) in [5, 5.41) is 15.0. The molecule has 0 radical (unpaired) electrons. The van der Waals surface area contributed by atoms with Crippen molar-refractivity contribution in [2.75, 3.05) is 0 Å². The summed E-state index contributed by atoms with van der Waals surface area (Å²) in [5.74, 6) is 0.217. The second-order valence-corrected chi connectivity index (χ2v) is 6.80. The number of hydrogen-bond acceptors (Lipinski definition) is 5. The largest absolute Gasteiger partial charge is 0.336 e. The first-order valence-electron chi connectivity index (χ1n) is 9.21. The van der Waals surface area contributed by atoms with Crippen LogP contribution in [0.15, 0.2) is 61.2 Å². The molecule has 0 saturated carbocycles. The summed E-state index contributed by atoms with van der Waals surface area (Å²) in [6.07, 6.45) is 6.85. The van der Waals surface area contributed by atoms with Crippen molar-refractivity contribution in [2.24, 2.45) is 0 Å². The van der Waals surface area contributed by atoms with Crippen LogP contribution in [-0.4, -0.2) is 40.3 Å². The third-order valence-electron chi connectivity index (χ3n) is 5.00. The number of hydrogen-bond donors (Lipinski definition) is 3. The van der Waals surface area contributed by atoms with E-state index in [4.69, 9.17) is 4.98 Å². The van der Waals surface area contributed by atoms with Gasteiger partial charge in [-0.1, -0.05) is 12.1 Å². The Morgan fingerprint density at radius 2 is 1.87 bits per heavy atom. The molecule has 9 heteroatoms. The van der Waals surface area contributed by atoms with Gasteiger partial charge in [0.15, 0.2) is 5.82 Å². The molecule has 0 atom stereocenters. The SMILES string of the molecule is Fc1ccccc1-c1nccc2[nH]c(-c3n[nH]c4cnc(-c5cn[nH]c5)cc34)nc12. The topological polar surface area (TPSA) is 112 Å². The van der Waals surface area contributed by atoms with Gasteiger partial charge in [0.1, 0.15) is 22.7 Å². The highest BCUT2D eigenvalue weighted by atomic mass is 19.1. The lowest BCUT2D eigenvalue weighted by Crippen LogP contribution is -1.89. The molecule has 3 N–H and O–H groups in total. The van der Waals surface area contributed by atoms with Crippen molar-refractivity contribution in [1.82, 2.24) is 40.3 Å². The minimum atomic E-state index is -0.344. The van der Waals surface area contributed by atoms with Gasteiger partial charge in [-0.2, -0.15) is 10.2 Å². The standard InChI is InChI=1S/C21H13FN8/c22-14-4-2-1-3-12(14)18-20-15(5-6-23-18)27-21(28-20)19-13-7-16(11-8-25-26-9-11)24-10-17(13)29-30-19/h1-10H,(H,25,26)(H,27,28)(H,29,30). The van der Waals surface area contributed by atoms with Crippen LogP contribution in [0.5, 0.6) is 0 Å². The van der Waals surface area contributed by atoms with Gasteiger partial charge in [0.2, 0.25) is 0 Å². The summed E-state index contributed by atoms with van der Waals surface area (Å²) in [5.41, 5.74) is 5.28. The van der Waals surface area contributed by atoms with Crippen LogP contribution in [0.1, 0.15) is 0 Å². The number of rotatable bonds is 3. The van der Waals surface area contributed by atoms with Crippen molar-refractivity contribution in [3.8, 4) is 34.0 Å². The molecule has 0 bridgehead atoms. The van der Waals surface area contributed by atoms with Crippen LogP contribution < -0.4 is 0 Å². The summed E-state index contributed by atoms with van der Waals surface area (Å²) in [6, 6.07) is 10.3. The van der Waals surface area contributed by atoms with Gasteiger partial charge in [-0.3, -0.25) is 20.2 Å². The Bertz CT molecular complexity index is 1510. The number of aromatic nitrogens is 8. The molecule has 5 heterocycles. The molecule has 0 saturated heterocycles. The van der Waals surface area contributed by atoms with Crippen molar-refractivity contribution >= 4 is 21.9 Å². The zero-order valence-electron chi connectivity index (χ0n) is 15.4. The summed E-state index contributed by atoms with van der Waals surface area (Å²) >= 11 is 0. The number of benzene rings is 1. The van der Waals surface area contributed by atoms with Crippen LogP contribution in [0.2, 0.25) is 0 Å². The van der Waals surface area contributed by atoms with Crippen molar-refractivity contribution < 1.29 is 4.39 Å². The zero-order valence-corrected chi connectivity index (χ0v) is 15.4. The highest BCUT2D eigenvalue weighted by molar-refractivity contribution is 5.96. The van der Waals surface area contributed by atoms with E-state index < -0.39 is 0 Å². The number of nitrogens with zero attached hydrogens (tertiary/aromatic N) is 5. The zero-order chi connectivity index (χ0) is 20.1. The van der Waals surface area contributed by atoms with Crippen molar-refractivity contribution in [3.63, 3.8) is 0 Å². The Morgan fingerprint density at radius 3 is 2.73 bits per heavy atom. The number of aromatic amines is 3. The third-order valence-corrected chi connectivity index (χ3v) is 5.00. The molecular formula is C21H13FN8. The Kier molecular flexibility index (Phi) is 3.48. The fourth-order valence-electron chi connectivity index (χ4n) is 3.54. The second-order valence-electron chi connectivity index (χ2n) is 6.80. The molecule has 5 aromatic heterocycles. The maximum atomic E-state index is 14.4. The number of imidazole rings is 1. The van der Waals surface area contributed by atoms with E-state index in [1.54, 1.807) is 43.0 Å². The number of fused-ring (bicyclic) bond motifs is 2. The fraction of sp³-hybridized carbons (Fsp3) is 0. The molecule has 0 aliphatic heterocycles. The van der Waals surface area contributed by atoms with Crippen LogP contribution in [-0.2, 0) is 0 Å². The van der Waals surface area contributed by atoms with Crippen LogP contribution in [0.4, 0.5) is 4.39 Å². The fourth-order valence-corrected chi connectivity index (χ4v) is 3.54. The molecule has 8 nitrogen and oxygen atoms in total. The molecule has 0 spiro atoms. The minimum Gasteiger partial charge on any atom is -0.336 e. The van der Waals surface area contributed by atoms with Gasteiger partial charge in [0, 0.05) is 28.9 Å². The lowest BCUT2D eigenvalue weighted by molar-refractivity contribution is 0.631. The predicted octanol–water partition coefficient (Wildman–Crippen LogP) is 4.09. The summed E-state index contributed by atoms with van der Waals surface area (Å²) in [7, 11) is 0. The van der Waals surface area contributed by atoms with E-state index in [9.17, 15) is 4.39 Å². The first-order chi connectivity index (χ1) is 14.8. The average molecular weight is 396 g/mol. The van der Waals surface area contributed by atoms with Gasteiger partial charge in [-0.25, -0.2) is 9.37 Å². The van der Waals surface area contributed by atoms with E-state index >= 15 is 0 Å². The molecular weight excluding hydrogens is 383 g/mol. The molecule has 30 heavy (non-hydrogen) atoms. The van der Waals surface area contributed by atoms with E-state index in [1.807, 2.05) is 12.1 Å². The predicted molar refractivity (Wildman–Crippen MR) is 110 cm³/mol. The lowest BCUT2D eigenvalue weighted by Gasteiger charge is -2.02. The van der Waals surface area contributed by atoms with Gasteiger partial charge in [-0.15, -0.1) is 0 Å². The molecule has 0 aliphatic carbocycles. The Balaban J connectivity index is 1.54. The van der Waals surface area contributed by atoms with Crippen LogP contribution in [0, 0.1) is 5.82 Å². The van der Waals surface area contributed by atoms with E-state index in [0.29, 0.717) is 28.3 Å². The van der Waals surface area contributed by atoms with Crippen molar-refractivity contribution in [3.05, 3.63) is 67.0 Å². The van der Waals surface area contributed by atoms with E-state index in [2.05, 4.69) is 35.3 Å². The maximum Gasteiger partial charge on any atom is 0.159 e. The van der Waals surface area contributed by atoms with Gasteiger partial charge in [0.05, 0.1) is 29.1 Å². The number of halogens is 1. The molecule has 144 valence electrons. The second kappa shape index (κ2) is 6.31. The summed E-state index contributed by atoms with van der Waals surface area (Å²) in [6.45, 7) is 0. The third kappa shape index (κ3) is 2.49. The lowest BCUT2D eigenvalue weighted by atomic mass is 10.1. The van der Waals surface area contributed by atoms with Crippen LogP contribution in [0.3, 0.4) is 0 Å². The van der Waals surface area contributed by atoms with Crippen LogP contribution >= 0.6 is 0 Å². The minimum absolute atomic E-state index is 0.344. The first-order valence-corrected chi connectivity index (χ1v) is 9.21. The van der Waals surface area contributed by atoms with Gasteiger partial charge in [-0.05, 0) is 24.3 Å². The monoisotopic (exact) mass is 396 g/mol. The van der Waals surface area contributed by atoms with Gasteiger partial charge >= 0.3 is 0 Å². The number of H-pyrrole nitrogens is 3. The molecule has 0 unspecified atom stereocenters. The Morgan fingerprint density at radius 1 is 0.933 bits per heavy atom. The normalized spacial score (nSPS) is 11.5. The summed E-state index contributed by atoms with van der Waals surface area (Å²) in [4.78, 5) is 16.8. The first kappa shape index (κ1) is 16.5. The number of pyridine rings is 2. The molecule has 0 fully saturated rings. The molecule has 1 aromatic carbocycles. The average Bonchev–Trinajstić information content (AvgIpc) is 3.51. The summed E-state index contributed by atoms with van der Waals surface area (Å²) < 4.78 is 14.4. The molecule has 0 aliphatic rings. The maximum absolute atomic E-state index is 14.4. The molecule has 6 aromatic rings. The quantitative estimate of drug-likeness (QED) is 0.417. The van der Waals surface area contributed by atoms with E-state index in [-0.39, 0.29) is 5.82 Å². The highest BCUT2D eigenvalue weighted by Crippen LogP contribution is 2.32. The van der Waals surface area contributed by atoms with Gasteiger partial charge in [0.25, 0.3) is 0 Å². The van der Waals surface area contributed by atoms with Crippen molar-refractivity contribution in [2.45, 2.75) is 0 Å².